The third-order valence-corrected chi connectivity index (χ3v) is 2.15. The van der Waals surface area contributed by atoms with Gasteiger partial charge < -0.3 is 10.2 Å². The Labute approximate surface area is 79.0 Å². The molecule has 0 amide bonds. The molecule has 2 nitrogen and oxygen atoms in total. The quantitative estimate of drug-likeness (QED) is 0.791. The number of aliphatic hydroxyl groups is 2. The number of halogens is 1. The first-order chi connectivity index (χ1) is 5.24. The monoisotopic (exact) mass is 264 g/mol. The van der Waals surface area contributed by atoms with Crippen LogP contribution < -0.4 is 0 Å². The summed E-state index contributed by atoms with van der Waals surface area (Å²) in [4.78, 5) is 0. The smallest absolute Gasteiger partial charge is 0.102 e. The highest BCUT2D eigenvalue weighted by molar-refractivity contribution is 14.1. The van der Waals surface area contributed by atoms with Crippen LogP contribution in [0.2, 0.25) is 0 Å². The molecule has 1 aromatic rings. The third kappa shape index (κ3) is 2.43. The van der Waals surface area contributed by atoms with E-state index in [0.717, 1.165) is 9.13 Å². The standard InChI is InChI=1S/C8H9IO2/c9-7-3-1-6(2-4-7)8(11)5-10/h1-4,8,10-11H,5H2/t8-/m0/s1. The molecule has 0 aliphatic carbocycles. The summed E-state index contributed by atoms with van der Waals surface area (Å²) in [5, 5.41) is 17.8. The molecule has 0 radical (unpaired) electrons. The van der Waals surface area contributed by atoms with E-state index in [4.69, 9.17) is 10.2 Å². The van der Waals surface area contributed by atoms with E-state index in [0.29, 0.717) is 0 Å². The summed E-state index contributed by atoms with van der Waals surface area (Å²) in [6.45, 7) is -0.222. The van der Waals surface area contributed by atoms with Crippen molar-refractivity contribution < 1.29 is 10.2 Å². The summed E-state index contributed by atoms with van der Waals surface area (Å²) < 4.78 is 1.12. The Morgan fingerprint density at radius 2 is 1.82 bits per heavy atom. The molecule has 0 unspecified atom stereocenters. The SMILES string of the molecule is OC[C@H](O)c1ccc(I)cc1. The van der Waals surface area contributed by atoms with Crippen LogP contribution in [0.15, 0.2) is 24.3 Å². The highest BCUT2D eigenvalue weighted by Crippen LogP contribution is 2.13. The Balaban J connectivity index is 2.81. The molecular weight excluding hydrogens is 255 g/mol. The second kappa shape index (κ2) is 4.04. The van der Waals surface area contributed by atoms with E-state index in [9.17, 15) is 0 Å². The molecule has 60 valence electrons. The van der Waals surface area contributed by atoms with Crippen LogP contribution >= 0.6 is 22.6 Å². The summed E-state index contributed by atoms with van der Waals surface area (Å²) >= 11 is 2.19. The maximum Gasteiger partial charge on any atom is 0.102 e. The maximum absolute atomic E-state index is 9.17. The molecule has 1 aromatic carbocycles. The van der Waals surface area contributed by atoms with Crippen LogP contribution in [0, 0.1) is 3.57 Å². The highest BCUT2D eigenvalue weighted by atomic mass is 127. The number of hydrogen-bond acceptors (Lipinski definition) is 2. The zero-order valence-electron chi connectivity index (χ0n) is 5.87. The van der Waals surface area contributed by atoms with E-state index in [1.807, 2.05) is 24.3 Å². The van der Waals surface area contributed by atoms with Crippen LogP contribution in [0.1, 0.15) is 11.7 Å². The minimum atomic E-state index is -0.744. The summed E-state index contributed by atoms with van der Waals surface area (Å²) in [5.41, 5.74) is 0.757. The number of aliphatic hydroxyl groups excluding tert-OH is 2. The lowest BCUT2D eigenvalue weighted by Gasteiger charge is -2.06. The molecule has 0 aliphatic heterocycles. The lowest BCUT2D eigenvalue weighted by Crippen LogP contribution is -2.01. The van der Waals surface area contributed by atoms with Gasteiger partial charge in [0.15, 0.2) is 0 Å². The lowest BCUT2D eigenvalue weighted by atomic mass is 10.1. The van der Waals surface area contributed by atoms with Gasteiger partial charge in [0.2, 0.25) is 0 Å². The Kier molecular flexibility index (Phi) is 3.29. The minimum Gasteiger partial charge on any atom is -0.393 e. The Morgan fingerprint density at radius 1 is 1.27 bits per heavy atom. The van der Waals surface area contributed by atoms with E-state index in [-0.39, 0.29) is 6.61 Å². The minimum absolute atomic E-state index is 0.222. The molecule has 0 heterocycles. The number of rotatable bonds is 2. The van der Waals surface area contributed by atoms with Crippen LogP contribution in [0.25, 0.3) is 0 Å². The molecule has 0 bridgehead atoms. The second-order valence-corrected chi connectivity index (χ2v) is 3.50. The van der Waals surface area contributed by atoms with Gasteiger partial charge in [-0.2, -0.15) is 0 Å². The fourth-order valence-electron chi connectivity index (χ4n) is 0.790. The van der Waals surface area contributed by atoms with Gasteiger partial charge in [0.05, 0.1) is 6.61 Å². The molecule has 0 spiro atoms. The average molecular weight is 264 g/mol. The van der Waals surface area contributed by atoms with Crippen LogP contribution in [0.4, 0.5) is 0 Å². The second-order valence-electron chi connectivity index (χ2n) is 2.25. The average Bonchev–Trinajstić information content (AvgIpc) is 2.05. The van der Waals surface area contributed by atoms with Gasteiger partial charge in [-0.05, 0) is 40.3 Å². The van der Waals surface area contributed by atoms with Gasteiger partial charge in [-0.1, -0.05) is 12.1 Å². The van der Waals surface area contributed by atoms with E-state index in [1.165, 1.54) is 0 Å². The highest BCUT2D eigenvalue weighted by Gasteiger charge is 2.03. The first-order valence-corrected chi connectivity index (χ1v) is 4.36. The molecule has 0 saturated heterocycles. The van der Waals surface area contributed by atoms with Crippen molar-refractivity contribution >= 4 is 22.6 Å². The molecule has 1 atom stereocenters. The normalized spacial score (nSPS) is 13.0. The van der Waals surface area contributed by atoms with Crippen molar-refractivity contribution in [2.24, 2.45) is 0 Å². The van der Waals surface area contributed by atoms with Gasteiger partial charge in [-0.15, -0.1) is 0 Å². The molecule has 2 N–H and O–H groups in total. The predicted molar refractivity (Wildman–Crippen MR) is 51.2 cm³/mol. The summed E-state index contributed by atoms with van der Waals surface area (Å²) in [7, 11) is 0. The lowest BCUT2D eigenvalue weighted by molar-refractivity contribution is 0.0956. The van der Waals surface area contributed by atoms with Crippen molar-refractivity contribution in [2.45, 2.75) is 6.10 Å². The maximum atomic E-state index is 9.17. The topological polar surface area (TPSA) is 40.5 Å². The summed E-state index contributed by atoms with van der Waals surface area (Å²) in [5.74, 6) is 0. The van der Waals surface area contributed by atoms with Crippen molar-refractivity contribution in [2.75, 3.05) is 6.61 Å². The fraction of sp³-hybridized carbons (Fsp3) is 0.250. The first-order valence-electron chi connectivity index (χ1n) is 3.28. The van der Waals surface area contributed by atoms with Crippen molar-refractivity contribution in [1.29, 1.82) is 0 Å². The third-order valence-electron chi connectivity index (χ3n) is 1.43. The van der Waals surface area contributed by atoms with Gasteiger partial charge in [-0.3, -0.25) is 0 Å². The molecule has 0 aliphatic rings. The van der Waals surface area contributed by atoms with Crippen LogP contribution in [0.5, 0.6) is 0 Å². The van der Waals surface area contributed by atoms with Gasteiger partial charge >= 0.3 is 0 Å². The van der Waals surface area contributed by atoms with Crippen molar-refractivity contribution in [3.05, 3.63) is 33.4 Å². The van der Waals surface area contributed by atoms with E-state index in [2.05, 4.69) is 22.6 Å². The molecule has 0 fully saturated rings. The van der Waals surface area contributed by atoms with Crippen LogP contribution in [-0.4, -0.2) is 16.8 Å². The van der Waals surface area contributed by atoms with Crippen LogP contribution in [-0.2, 0) is 0 Å². The zero-order valence-corrected chi connectivity index (χ0v) is 8.02. The van der Waals surface area contributed by atoms with Crippen molar-refractivity contribution in [1.82, 2.24) is 0 Å². The number of benzene rings is 1. The molecule has 11 heavy (non-hydrogen) atoms. The Hall–Kier alpha value is -0.130. The Bertz CT molecular complexity index is 220. The molecule has 0 aromatic heterocycles. The predicted octanol–water partition coefficient (Wildman–Crippen LogP) is 1.32. The van der Waals surface area contributed by atoms with Crippen molar-refractivity contribution in [3.63, 3.8) is 0 Å². The van der Waals surface area contributed by atoms with Gasteiger partial charge in [-0.25, -0.2) is 0 Å². The largest absolute Gasteiger partial charge is 0.393 e. The summed E-state index contributed by atoms with van der Waals surface area (Å²) in [6, 6.07) is 7.41. The van der Waals surface area contributed by atoms with E-state index < -0.39 is 6.10 Å². The molecule has 1 rings (SSSR count). The zero-order chi connectivity index (χ0) is 8.27. The van der Waals surface area contributed by atoms with E-state index >= 15 is 0 Å². The van der Waals surface area contributed by atoms with Crippen LogP contribution in [0.3, 0.4) is 0 Å². The fourth-order valence-corrected chi connectivity index (χ4v) is 1.15. The number of hydrogen-bond donors (Lipinski definition) is 2. The molecule has 0 saturated carbocycles. The van der Waals surface area contributed by atoms with Gasteiger partial charge in [0, 0.05) is 3.57 Å². The first kappa shape index (κ1) is 8.96. The molecule has 3 heteroatoms. The molecular formula is C8H9IO2. The Morgan fingerprint density at radius 3 is 2.27 bits per heavy atom. The summed E-state index contributed by atoms with van der Waals surface area (Å²) in [6.07, 6.45) is -0.744. The van der Waals surface area contributed by atoms with Gasteiger partial charge in [0.1, 0.15) is 6.10 Å². The van der Waals surface area contributed by atoms with E-state index in [1.54, 1.807) is 0 Å². The van der Waals surface area contributed by atoms with Crippen molar-refractivity contribution in [3.8, 4) is 0 Å². The van der Waals surface area contributed by atoms with Gasteiger partial charge in [0.25, 0.3) is 0 Å².